The summed E-state index contributed by atoms with van der Waals surface area (Å²) in [6.45, 7) is 2.57. The fourth-order valence-corrected chi connectivity index (χ4v) is 4.31. The Labute approximate surface area is 109 Å². The second kappa shape index (κ2) is 5.74. The maximum atomic E-state index is 12.4. The van der Waals surface area contributed by atoms with Crippen molar-refractivity contribution in [2.75, 3.05) is 12.4 Å². The number of hydrogen-bond acceptors (Lipinski definition) is 3. The van der Waals surface area contributed by atoms with Gasteiger partial charge in [0.05, 0.1) is 17.6 Å². The van der Waals surface area contributed by atoms with Crippen molar-refractivity contribution in [2.24, 2.45) is 0 Å². The predicted octanol–water partition coefficient (Wildman–Crippen LogP) is 3.12. The number of para-hydroxylation sites is 1. The molecular weight excluding hydrogens is 248 g/mol. The van der Waals surface area contributed by atoms with E-state index in [9.17, 15) is 8.42 Å². The summed E-state index contributed by atoms with van der Waals surface area (Å²) in [4.78, 5) is 0. The third-order valence-corrected chi connectivity index (χ3v) is 5.58. The molecule has 1 aliphatic heterocycles. The number of unbranched alkanes of at least 4 members (excludes halogenated alkanes) is 2. The highest BCUT2D eigenvalue weighted by molar-refractivity contribution is 7.91. The maximum absolute atomic E-state index is 12.4. The van der Waals surface area contributed by atoms with Gasteiger partial charge in [-0.15, -0.1) is 0 Å². The van der Waals surface area contributed by atoms with Crippen molar-refractivity contribution in [1.29, 1.82) is 0 Å². The van der Waals surface area contributed by atoms with Crippen LogP contribution in [0.25, 0.3) is 0 Å². The van der Waals surface area contributed by atoms with Crippen LogP contribution in [0.2, 0.25) is 0 Å². The molecule has 0 N–H and O–H groups in total. The molecule has 3 nitrogen and oxygen atoms in total. The largest absolute Gasteiger partial charge is 0.493 e. The smallest absolute Gasteiger partial charge is 0.157 e. The van der Waals surface area contributed by atoms with Crippen LogP contribution in [0.3, 0.4) is 0 Å². The fraction of sp³-hybridized carbons (Fsp3) is 0.571. The highest BCUT2D eigenvalue weighted by Crippen LogP contribution is 2.37. The van der Waals surface area contributed by atoms with Crippen LogP contribution in [0.1, 0.15) is 43.4 Å². The monoisotopic (exact) mass is 268 g/mol. The molecule has 4 heteroatoms. The first-order valence-electron chi connectivity index (χ1n) is 6.58. The SMILES string of the molecule is CCCCCS(=O)(=O)C1CCOc2ccccc21. The zero-order valence-electron chi connectivity index (χ0n) is 10.8. The Morgan fingerprint density at radius 1 is 1.28 bits per heavy atom. The van der Waals surface area contributed by atoms with Gasteiger partial charge in [0.1, 0.15) is 5.75 Å². The summed E-state index contributed by atoms with van der Waals surface area (Å²) in [7, 11) is -3.05. The molecule has 0 saturated carbocycles. The predicted molar refractivity (Wildman–Crippen MR) is 72.6 cm³/mol. The molecule has 0 radical (unpaired) electrons. The molecule has 0 fully saturated rings. The minimum absolute atomic E-state index is 0.292. The number of rotatable bonds is 5. The summed E-state index contributed by atoms with van der Waals surface area (Å²) >= 11 is 0. The van der Waals surface area contributed by atoms with Crippen molar-refractivity contribution in [2.45, 2.75) is 37.9 Å². The molecule has 1 heterocycles. The summed E-state index contributed by atoms with van der Waals surface area (Å²) in [5.41, 5.74) is 0.834. The minimum Gasteiger partial charge on any atom is -0.493 e. The van der Waals surface area contributed by atoms with Gasteiger partial charge in [-0.1, -0.05) is 38.0 Å². The second-order valence-electron chi connectivity index (χ2n) is 4.74. The Morgan fingerprint density at radius 3 is 2.83 bits per heavy atom. The fourth-order valence-electron chi connectivity index (χ4n) is 2.38. The zero-order valence-corrected chi connectivity index (χ0v) is 11.6. The van der Waals surface area contributed by atoms with E-state index >= 15 is 0 Å². The third-order valence-electron chi connectivity index (χ3n) is 3.37. The lowest BCUT2D eigenvalue weighted by molar-refractivity contribution is 0.283. The van der Waals surface area contributed by atoms with E-state index in [2.05, 4.69) is 6.92 Å². The first-order valence-corrected chi connectivity index (χ1v) is 8.30. The molecule has 2 rings (SSSR count). The summed E-state index contributed by atoms with van der Waals surface area (Å²) < 4.78 is 30.2. The van der Waals surface area contributed by atoms with Gasteiger partial charge in [-0.3, -0.25) is 0 Å². The number of ether oxygens (including phenoxy) is 1. The average molecular weight is 268 g/mol. The van der Waals surface area contributed by atoms with Gasteiger partial charge < -0.3 is 4.74 Å². The van der Waals surface area contributed by atoms with Gasteiger partial charge in [0, 0.05) is 12.0 Å². The Morgan fingerprint density at radius 2 is 2.06 bits per heavy atom. The maximum Gasteiger partial charge on any atom is 0.157 e. The molecule has 0 aliphatic carbocycles. The molecule has 1 aromatic rings. The normalized spacial score (nSPS) is 19.1. The molecule has 18 heavy (non-hydrogen) atoms. The molecule has 1 aromatic carbocycles. The lowest BCUT2D eigenvalue weighted by Gasteiger charge is -2.25. The first kappa shape index (κ1) is 13.4. The topological polar surface area (TPSA) is 43.4 Å². The molecular formula is C14H20O3S. The Balaban J connectivity index is 2.19. The number of sulfone groups is 1. The van der Waals surface area contributed by atoms with E-state index in [1.807, 2.05) is 24.3 Å². The Bertz CT molecular complexity index is 494. The molecule has 0 bridgehead atoms. The van der Waals surface area contributed by atoms with Gasteiger partial charge in [-0.2, -0.15) is 0 Å². The lowest BCUT2D eigenvalue weighted by Crippen LogP contribution is -2.23. The Hall–Kier alpha value is -1.03. The van der Waals surface area contributed by atoms with Crippen LogP contribution in [-0.4, -0.2) is 20.8 Å². The van der Waals surface area contributed by atoms with Crippen LogP contribution in [0.5, 0.6) is 5.75 Å². The molecule has 0 amide bonds. The standard InChI is InChI=1S/C14H20O3S/c1-2-3-6-11-18(15,16)14-9-10-17-13-8-5-4-7-12(13)14/h4-5,7-8,14H,2-3,6,9-11H2,1H3. The minimum atomic E-state index is -3.05. The van der Waals surface area contributed by atoms with Gasteiger partial charge in [0.15, 0.2) is 9.84 Å². The third kappa shape index (κ3) is 2.86. The molecule has 1 aliphatic rings. The summed E-state index contributed by atoms with van der Waals surface area (Å²) in [6.07, 6.45) is 3.35. The molecule has 0 saturated heterocycles. The summed E-state index contributed by atoms with van der Waals surface area (Å²) in [6, 6.07) is 7.48. The van der Waals surface area contributed by atoms with Crippen molar-refractivity contribution in [3.05, 3.63) is 29.8 Å². The lowest BCUT2D eigenvalue weighted by atomic mass is 10.1. The van der Waals surface area contributed by atoms with Gasteiger partial charge in [-0.05, 0) is 12.5 Å². The van der Waals surface area contributed by atoms with Crippen LogP contribution < -0.4 is 4.74 Å². The van der Waals surface area contributed by atoms with E-state index in [1.54, 1.807) is 0 Å². The highest BCUT2D eigenvalue weighted by atomic mass is 32.2. The molecule has 1 atom stereocenters. The Kier molecular flexibility index (Phi) is 4.27. The van der Waals surface area contributed by atoms with Gasteiger partial charge in [-0.25, -0.2) is 8.42 Å². The van der Waals surface area contributed by atoms with Crippen molar-refractivity contribution in [1.82, 2.24) is 0 Å². The first-order chi connectivity index (χ1) is 8.65. The molecule has 1 unspecified atom stereocenters. The highest BCUT2D eigenvalue weighted by Gasteiger charge is 2.31. The summed E-state index contributed by atoms with van der Waals surface area (Å²) in [5.74, 6) is 1.02. The molecule has 0 spiro atoms. The van der Waals surface area contributed by atoms with E-state index in [4.69, 9.17) is 4.74 Å². The quantitative estimate of drug-likeness (QED) is 0.771. The van der Waals surface area contributed by atoms with Gasteiger partial charge in [0.25, 0.3) is 0 Å². The molecule has 100 valence electrons. The van der Waals surface area contributed by atoms with Crippen molar-refractivity contribution < 1.29 is 13.2 Å². The van der Waals surface area contributed by atoms with Crippen LogP contribution in [-0.2, 0) is 9.84 Å². The van der Waals surface area contributed by atoms with Gasteiger partial charge in [0.2, 0.25) is 0 Å². The van der Waals surface area contributed by atoms with E-state index in [0.29, 0.717) is 18.8 Å². The van der Waals surface area contributed by atoms with Gasteiger partial charge >= 0.3 is 0 Å². The van der Waals surface area contributed by atoms with Crippen LogP contribution in [0.15, 0.2) is 24.3 Å². The second-order valence-corrected chi connectivity index (χ2v) is 7.04. The van der Waals surface area contributed by atoms with E-state index < -0.39 is 9.84 Å². The number of benzene rings is 1. The van der Waals surface area contributed by atoms with E-state index in [0.717, 1.165) is 30.6 Å². The molecule has 0 aromatic heterocycles. The zero-order chi connectivity index (χ0) is 13.0. The van der Waals surface area contributed by atoms with E-state index in [-0.39, 0.29) is 5.25 Å². The summed E-state index contributed by atoms with van der Waals surface area (Å²) in [5, 5.41) is -0.376. The van der Waals surface area contributed by atoms with Crippen molar-refractivity contribution in [3.8, 4) is 5.75 Å². The van der Waals surface area contributed by atoms with Crippen LogP contribution in [0, 0.1) is 0 Å². The number of fused-ring (bicyclic) bond motifs is 1. The average Bonchev–Trinajstić information content (AvgIpc) is 2.38. The van der Waals surface area contributed by atoms with Crippen LogP contribution >= 0.6 is 0 Å². The van der Waals surface area contributed by atoms with Crippen LogP contribution in [0.4, 0.5) is 0 Å². The van der Waals surface area contributed by atoms with E-state index in [1.165, 1.54) is 0 Å². The van der Waals surface area contributed by atoms with Crippen molar-refractivity contribution in [3.63, 3.8) is 0 Å². The van der Waals surface area contributed by atoms with Crippen molar-refractivity contribution >= 4 is 9.84 Å². The number of hydrogen-bond donors (Lipinski definition) is 0.